The Kier molecular flexibility index (Phi) is 5.66. The van der Waals surface area contributed by atoms with Gasteiger partial charge in [-0.2, -0.15) is 0 Å². The van der Waals surface area contributed by atoms with E-state index in [1.807, 2.05) is 0 Å². The number of aromatic nitrogens is 1. The van der Waals surface area contributed by atoms with Gasteiger partial charge in [-0.3, -0.25) is 9.59 Å². The molecular formula is C16H15BrN2O3. The first kappa shape index (κ1) is 16.2. The molecule has 0 bridgehead atoms. The van der Waals surface area contributed by atoms with Crippen molar-refractivity contribution in [1.29, 1.82) is 0 Å². The molecule has 114 valence electrons. The minimum atomic E-state index is -0.217. The first-order valence-corrected chi connectivity index (χ1v) is 7.46. The third-order valence-electron chi connectivity index (χ3n) is 3.00. The largest absolute Gasteiger partial charge is 0.497 e. The number of methoxy groups -OCH3 is 1. The number of halogens is 1. The maximum absolute atomic E-state index is 12.0. The summed E-state index contributed by atoms with van der Waals surface area (Å²) in [5, 5.41) is 2.70. The quantitative estimate of drug-likeness (QED) is 0.631. The van der Waals surface area contributed by atoms with E-state index in [0.29, 0.717) is 21.6 Å². The molecule has 1 amide bonds. The molecule has 1 aromatic carbocycles. The molecule has 1 N–H and O–H groups in total. The van der Waals surface area contributed by atoms with E-state index in [9.17, 15) is 9.59 Å². The number of amides is 1. The van der Waals surface area contributed by atoms with Crippen molar-refractivity contribution >= 4 is 33.3 Å². The number of hydrogen-bond acceptors (Lipinski definition) is 4. The highest BCUT2D eigenvalue weighted by Gasteiger charge is 2.10. The number of anilines is 1. The highest BCUT2D eigenvalue weighted by Crippen LogP contribution is 2.14. The predicted molar refractivity (Wildman–Crippen MR) is 87.1 cm³/mol. The minimum absolute atomic E-state index is 0.0771. The zero-order chi connectivity index (χ0) is 15.9. The summed E-state index contributed by atoms with van der Waals surface area (Å²) in [7, 11) is 1.57. The number of nitrogens with one attached hydrogen (secondary N) is 1. The molecule has 0 atom stereocenters. The molecule has 0 saturated carbocycles. The fourth-order valence-corrected chi connectivity index (χ4v) is 2.06. The second-order valence-corrected chi connectivity index (χ2v) is 5.38. The molecule has 5 nitrogen and oxygen atoms in total. The predicted octanol–water partition coefficient (Wildman–Crippen LogP) is 3.45. The van der Waals surface area contributed by atoms with Gasteiger partial charge in [0.2, 0.25) is 5.91 Å². The zero-order valence-corrected chi connectivity index (χ0v) is 13.6. The van der Waals surface area contributed by atoms with Gasteiger partial charge < -0.3 is 10.1 Å². The Morgan fingerprint density at radius 2 is 1.86 bits per heavy atom. The lowest BCUT2D eigenvalue weighted by atomic mass is 10.1. The summed E-state index contributed by atoms with van der Waals surface area (Å²) >= 11 is 3.22. The highest BCUT2D eigenvalue weighted by molar-refractivity contribution is 9.10. The van der Waals surface area contributed by atoms with Gasteiger partial charge in [-0.25, -0.2) is 4.98 Å². The summed E-state index contributed by atoms with van der Waals surface area (Å²) in [4.78, 5) is 27.8. The van der Waals surface area contributed by atoms with Crippen LogP contribution in [0.4, 0.5) is 5.69 Å². The number of ether oxygens (including phenoxy) is 1. The van der Waals surface area contributed by atoms with Crippen molar-refractivity contribution in [2.75, 3.05) is 12.4 Å². The smallest absolute Gasteiger partial charge is 0.224 e. The fraction of sp³-hybridized carbons (Fsp3) is 0.188. The van der Waals surface area contributed by atoms with Crippen molar-refractivity contribution in [3.8, 4) is 5.75 Å². The number of carbonyl (C=O) groups is 2. The van der Waals surface area contributed by atoms with Crippen molar-refractivity contribution in [1.82, 2.24) is 4.98 Å². The van der Waals surface area contributed by atoms with Gasteiger partial charge in [-0.15, -0.1) is 0 Å². The molecule has 0 fully saturated rings. The van der Waals surface area contributed by atoms with Crippen molar-refractivity contribution in [3.05, 3.63) is 52.8 Å². The van der Waals surface area contributed by atoms with Crippen LogP contribution < -0.4 is 10.1 Å². The Balaban J connectivity index is 1.84. The normalized spacial score (nSPS) is 10.1. The zero-order valence-electron chi connectivity index (χ0n) is 12.0. The standard InChI is InChI=1S/C16H15BrN2O3/c1-22-13-5-2-11(3-6-13)14(20)7-9-16(21)19-12-4-8-15(17)18-10-12/h2-6,8,10H,7,9H2,1H3,(H,19,21). The molecule has 0 unspecified atom stereocenters. The molecule has 0 spiro atoms. The number of nitrogens with zero attached hydrogens (tertiary/aromatic N) is 1. The lowest BCUT2D eigenvalue weighted by molar-refractivity contribution is -0.116. The van der Waals surface area contributed by atoms with Crippen LogP contribution in [-0.2, 0) is 4.79 Å². The highest BCUT2D eigenvalue weighted by atomic mass is 79.9. The van der Waals surface area contributed by atoms with Gasteiger partial charge in [-0.05, 0) is 52.3 Å². The van der Waals surface area contributed by atoms with Crippen molar-refractivity contribution in [2.45, 2.75) is 12.8 Å². The van der Waals surface area contributed by atoms with Crippen LogP contribution in [0.2, 0.25) is 0 Å². The second-order valence-electron chi connectivity index (χ2n) is 4.57. The Morgan fingerprint density at radius 1 is 1.14 bits per heavy atom. The molecule has 22 heavy (non-hydrogen) atoms. The van der Waals surface area contributed by atoms with Crippen LogP contribution in [0.3, 0.4) is 0 Å². The van der Waals surface area contributed by atoms with Crippen LogP contribution in [0.25, 0.3) is 0 Å². The molecule has 0 aliphatic rings. The van der Waals surface area contributed by atoms with E-state index in [2.05, 4.69) is 26.2 Å². The van der Waals surface area contributed by atoms with E-state index in [1.54, 1.807) is 49.7 Å². The fourth-order valence-electron chi connectivity index (χ4n) is 1.82. The number of pyridine rings is 1. The average Bonchev–Trinajstić information content (AvgIpc) is 2.55. The Hall–Kier alpha value is -2.21. The molecular weight excluding hydrogens is 348 g/mol. The number of carbonyl (C=O) groups excluding carboxylic acids is 2. The van der Waals surface area contributed by atoms with Gasteiger partial charge in [0, 0.05) is 18.4 Å². The Labute approximate surface area is 136 Å². The maximum atomic E-state index is 12.0. The first-order chi connectivity index (χ1) is 10.6. The summed E-state index contributed by atoms with van der Waals surface area (Å²) in [5.74, 6) is 0.398. The number of benzene rings is 1. The molecule has 1 aromatic heterocycles. The van der Waals surface area contributed by atoms with Crippen LogP contribution in [0, 0.1) is 0 Å². The van der Waals surface area contributed by atoms with E-state index < -0.39 is 0 Å². The monoisotopic (exact) mass is 362 g/mol. The topological polar surface area (TPSA) is 68.3 Å². The van der Waals surface area contributed by atoms with Crippen molar-refractivity contribution < 1.29 is 14.3 Å². The molecule has 0 aliphatic carbocycles. The van der Waals surface area contributed by atoms with Crippen LogP contribution in [0.1, 0.15) is 23.2 Å². The van der Waals surface area contributed by atoms with Gasteiger partial charge in [0.15, 0.2) is 5.78 Å². The third-order valence-corrected chi connectivity index (χ3v) is 3.47. The summed E-state index contributed by atoms with van der Waals surface area (Å²) < 4.78 is 5.73. The van der Waals surface area contributed by atoms with Gasteiger partial charge >= 0.3 is 0 Å². The lowest BCUT2D eigenvalue weighted by Gasteiger charge is -2.05. The van der Waals surface area contributed by atoms with Gasteiger partial charge in [0.25, 0.3) is 0 Å². The SMILES string of the molecule is COc1ccc(C(=O)CCC(=O)Nc2ccc(Br)nc2)cc1. The van der Waals surface area contributed by atoms with Crippen LogP contribution in [-0.4, -0.2) is 23.8 Å². The van der Waals surface area contributed by atoms with Crippen molar-refractivity contribution in [2.24, 2.45) is 0 Å². The summed E-state index contributed by atoms with van der Waals surface area (Å²) in [6.45, 7) is 0. The molecule has 1 heterocycles. The van der Waals surface area contributed by atoms with E-state index in [4.69, 9.17) is 4.74 Å². The van der Waals surface area contributed by atoms with Crippen LogP contribution in [0.5, 0.6) is 5.75 Å². The molecule has 2 rings (SSSR count). The summed E-state index contributed by atoms with van der Waals surface area (Å²) in [6, 6.07) is 10.3. The third kappa shape index (κ3) is 4.66. The van der Waals surface area contributed by atoms with E-state index in [0.717, 1.165) is 0 Å². The molecule has 0 radical (unpaired) electrons. The summed E-state index contributed by atoms with van der Waals surface area (Å²) in [6.07, 6.45) is 1.83. The number of Topliss-reactive ketones (excluding diaryl/α,β-unsaturated/α-hetero) is 1. The first-order valence-electron chi connectivity index (χ1n) is 6.67. The minimum Gasteiger partial charge on any atom is -0.497 e. The molecule has 6 heteroatoms. The van der Waals surface area contributed by atoms with Crippen LogP contribution >= 0.6 is 15.9 Å². The molecule has 0 aliphatic heterocycles. The van der Waals surface area contributed by atoms with E-state index >= 15 is 0 Å². The number of ketones is 1. The molecule has 0 saturated heterocycles. The number of rotatable bonds is 6. The van der Waals surface area contributed by atoms with Gasteiger partial charge in [-0.1, -0.05) is 0 Å². The summed E-state index contributed by atoms with van der Waals surface area (Å²) in [5.41, 5.74) is 1.17. The average molecular weight is 363 g/mol. The van der Waals surface area contributed by atoms with E-state index in [1.165, 1.54) is 0 Å². The lowest BCUT2D eigenvalue weighted by Crippen LogP contribution is -2.13. The Morgan fingerprint density at radius 3 is 2.45 bits per heavy atom. The van der Waals surface area contributed by atoms with E-state index in [-0.39, 0.29) is 24.5 Å². The second kappa shape index (κ2) is 7.70. The molecule has 2 aromatic rings. The number of hydrogen-bond donors (Lipinski definition) is 1. The van der Waals surface area contributed by atoms with Gasteiger partial charge in [0.1, 0.15) is 10.4 Å². The van der Waals surface area contributed by atoms with Gasteiger partial charge in [0.05, 0.1) is 19.0 Å². The Bertz CT molecular complexity index is 654. The van der Waals surface area contributed by atoms with Crippen LogP contribution in [0.15, 0.2) is 47.2 Å². The van der Waals surface area contributed by atoms with Crippen molar-refractivity contribution in [3.63, 3.8) is 0 Å². The maximum Gasteiger partial charge on any atom is 0.224 e.